The molecule has 228 valence electrons. The van der Waals surface area contributed by atoms with E-state index in [-0.39, 0.29) is 31.1 Å². The summed E-state index contributed by atoms with van der Waals surface area (Å²) in [5.41, 5.74) is 3.52. The Bertz CT molecular complexity index is 1130. The molecule has 0 spiro atoms. The standard InChI is InChI=1S/C35H47NO6/c1-3-40-35(39)26(2)42-33(38)17-11-5-4-10-16-30-32(24-31(37)34(30)36-22-12-7-13-23-36)41-25-27-18-20-29(21-19-27)28-14-8-6-9-15-28/h4-6,8-9,14-15,18-21,26,30-32,34,37H,3,7,10-13,16-17,22-25H2,1-2H3/b5-4-/t26-,30?,31+,32-,34+/m0/s1. The average Bonchev–Trinajstić information content (AvgIpc) is 3.33. The highest BCUT2D eigenvalue weighted by Gasteiger charge is 2.45. The monoisotopic (exact) mass is 577 g/mol. The molecule has 1 unspecified atom stereocenters. The molecule has 2 aromatic rings. The van der Waals surface area contributed by atoms with Crippen LogP contribution in [0.5, 0.6) is 0 Å². The van der Waals surface area contributed by atoms with Crippen molar-refractivity contribution in [1.82, 2.24) is 4.90 Å². The van der Waals surface area contributed by atoms with Crippen molar-refractivity contribution in [3.63, 3.8) is 0 Å². The van der Waals surface area contributed by atoms with Crippen molar-refractivity contribution in [2.75, 3.05) is 19.7 Å². The number of likely N-dealkylation sites (tertiary alicyclic amines) is 1. The lowest BCUT2D eigenvalue weighted by Gasteiger charge is -2.38. The first-order valence-electron chi connectivity index (χ1n) is 15.7. The van der Waals surface area contributed by atoms with Gasteiger partial charge in [-0.15, -0.1) is 0 Å². The van der Waals surface area contributed by atoms with Crippen molar-refractivity contribution in [3.8, 4) is 11.1 Å². The van der Waals surface area contributed by atoms with Gasteiger partial charge in [-0.05, 0) is 75.7 Å². The van der Waals surface area contributed by atoms with Gasteiger partial charge in [-0.3, -0.25) is 9.69 Å². The predicted octanol–water partition coefficient (Wildman–Crippen LogP) is 6.09. The number of aliphatic hydroxyl groups is 1. The summed E-state index contributed by atoms with van der Waals surface area (Å²) in [6.07, 6.45) is 9.63. The van der Waals surface area contributed by atoms with E-state index in [1.807, 2.05) is 12.1 Å². The molecule has 2 aliphatic rings. The molecule has 1 N–H and O–H groups in total. The number of ether oxygens (including phenoxy) is 3. The molecule has 0 bridgehead atoms. The van der Waals surface area contributed by atoms with Crippen molar-refractivity contribution < 1.29 is 28.9 Å². The number of allylic oxidation sites excluding steroid dienone is 2. The van der Waals surface area contributed by atoms with Gasteiger partial charge in [0.1, 0.15) is 0 Å². The molecule has 1 saturated carbocycles. The summed E-state index contributed by atoms with van der Waals surface area (Å²) in [5.74, 6) is -0.694. The number of aliphatic hydroxyl groups excluding tert-OH is 1. The normalized spacial score (nSPS) is 23.6. The molecule has 1 heterocycles. The zero-order chi connectivity index (χ0) is 29.7. The second kappa shape index (κ2) is 16.6. The van der Waals surface area contributed by atoms with E-state index >= 15 is 0 Å². The molecule has 4 rings (SSSR count). The summed E-state index contributed by atoms with van der Waals surface area (Å²) in [7, 11) is 0. The number of piperidine rings is 1. The molecule has 7 heteroatoms. The van der Waals surface area contributed by atoms with E-state index in [9.17, 15) is 14.7 Å². The molecule has 0 radical (unpaired) electrons. The molecule has 0 amide bonds. The lowest BCUT2D eigenvalue weighted by Crippen LogP contribution is -2.47. The zero-order valence-corrected chi connectivity index (χ0v) is 25.2. The van der Waals surface area contributed by atoms with Crippen LogP contribution < -0.4 is 0 Å². The Morgan fingerprint density at radius 1 is 0.976 bits per heavy atom. The van der Waals surface area contributed by atoms with Crippen LogP contribution in [0.15, 0.2) is 66.7 Å². The van der Waals surface area contributed by atoms with Gasteiger partial charge < -0.3 is 19.3 Å². The van der Waals surface area contributed by atoms with Gasteiger partial charge in [0.2, 0.25) is 0 Å². The number of hydrogen-bond acceptors (Lipinski definition) is 7. The minimum atomic E-state index is -0.888. The fourth-order valence-electron chi connectivity index (χ4n) is 6.25. The second-order valence-corrected chi connectivity index (χ2v) is 11.4. The first-order chi connectivity index (χ1) is 20.5. The zero-order valence-electron chi connectivity index (χ0n) is 25.2. The van der Waals surface area contributed by atoms with Crippen molar-refractivity contribution in [2.45, 2.75) is 96.2 Å². The molecular formula is C35H47NO6. The van der Waals surface area contributed by atoms with Crippen molar-refractivity contribution >= 4 is 11.9 Å². The minimum absolute atomic E-state index is 0.00605. The van der Waals surface area contributed by atoms with Gasteiger partial charge in [-0.1, -0.05) is 73.2 Å². The van der Waals surface area contributed by atoms with Crippen LogP contribution in [-0.2, 0) is 30.4 Å². The predicted molar refractivity (Wildman–Crippen MR) is 164 cm³/mol. The number of rotatable bonds is 14. The first kappa shape index (κ1) is 31.9. The highest BCUT2D eigenvalue weighted by molar-refractivity contribution is 5.79. The maximum Gasteiger partial charge on any atom is 0.347 e. The maximum atomic E-state index is 12.1. The van der Waals surface area contributed by atoms with Crippen LogP contribution in [0, 0.1) is 5.92 Å². The molecule has 1 saturated heterocycles. The van der Waals surface area contributed by atoms with Gasteiger partial charge in [0, 0.05) is 24.8 Å². The lowest BCUT2D eigenvalue weighted by atomic mass is 9.92. The van der Waals surface area contributed by atoms with E-state index in [1.54, 1.807) is 6.92 Å². The molecule has 1 aliphatic heterocycles. The highest BCUT2D eigenvalue weighted by Crippen LogP contribution is 2.38. The summed E-state index contributed by atoms with van der Waals surface area (Å²) in [5, 5.41) is 11.2. The Kier molecular flexibility index (Phi) is 12.6. The topological polar surface area (TPSA) is 85.3 Å². The van der Waals surface area contributed by atoms with Gasteiger partial charge in [-0.2, -0.15) is 0 Å². The van der Waals surface area contributed by atoms with Crippen LogP contribution in [0.3, 0.4) is 0 Å². The third-order valence-corrected chi connectivity index (χ3v) is 8.40. The van der Waals surface area contributed by atoms with Gasteiger partial charge in [0.15, 0.2) is 6.10 Å². The van der Waals surface area contributed by atoms with Crippen molar-refractivity contribution in [1.29, 1.82) is 0 Å². The van der Waals surface area contributed by atoms with Gasteiger partial charge in [0.25, 0.3) is 0 Å². The summed E-state index contributed by atoms with van der Waals surface area (Å²) < 4.78 is 16.5. The number of carbonyl (C=O) groups excluding carboxylic acids is 2. The van der Waals surface area contributed by atoms with E-state index in [4.69, 9.17) is 14.2 Å². The molecular weight excluding hydrogens is 530 g/mol. The number of esters is 2. The van der Waals surface area contributed by atoms with Crippen LogP contribution >= 0.6 is 0 Å². The fourth-order valence-corrected chi connectivity index (χ4v) is 6.25. The lowest BCUT2D eigenvalue weighted by molar-refractivity contribution is -0.166. The molecule has 2 fully saturated rings. The quantitative estimate of drug-likeness (QED) is 0.215. The largest absolute Gasteiger partial charge is 0.463 e. The number of carbonyl (C=O) groups is 2. The van der Waals surface area contributed by atoms with Gasteiger partial charge >= 0.3 is 11.9 Å². The maximum absolute atomic E-state index is 12.1. The van der Waals surface area contributed by atoms with Crippen LogP contribution in [-0.4, -0.2) is 66.0 Å². The van der Waals surface area contributed by atoms with Crippen LogP contribution in [0.4, 0.5) is 0 Å². The Morgan fingerprint density at radius 2 is 1.67 bits per heavy atom. The Labute approximate surface area is 250 Å². The highest BCUT2D eigenvalue weighted by atomic mass is 16.6. The summed E-state index contributed by atoms with van der Waals surface area (Å²) in [6.45, 7) is 6.10. The molecule has 2 aromatic carbocycles. The Hall–Kier alpha value is -3.00. The van der Waals surface area contributed by atoms with Gasteiger partial charge in [-0.25, -0.2) is 4.79 Å². The van der Waals surface area contributed by atoms with Crippen LogP contribution in [0.25, 0.3) is 11.1 Å². The number of benzene rings is 2. The van der Waals surface area contributed by atoms with E-state index in [0.29, 0.717) is 19.4 Å². The summed E-state index contributed by atoms with van der Waals surface area (Å²) >= 11 is 0. The van der Waals surface area contributed by atoms with Crippen molar-refractivity contribution in [3.05, 3.63) is 72.3 Å². The third-order valence-electron chi connectivity index (χ3n) is 8.40. The van der Waals surface area contributed by atoms with E-state index in [0.717, 1.165) is 31.5 Å². The molecule has 5 atom stereocenters. The number of hydrogen-bond donors (Lipinski definition) is 1. The third kappa shape index (κ3) is 9.25. The number of nitrogens with zero attached hydrogens (tertiary/aromatic N) is 1. The van der Waals surface area contributed by atoms with Crippen LogP contribution in [0.2, 0.25) is 0 Å². The Morgan fingerprint density at radius 3 is 2.38 bits per heavy atom. The molecule has 1 aliphatic carbocycles. The smallest absolute Gasteiger partial charge is 0.347 e. The van der Waals surface area contributed by atoms with Crippen molar-refractivity contribution in [2.24, 2.45) is 5.92 Å². The SMILES string of the molecule is CCOC(=O)[C@H](C)OC(=O)CC/C=C\CCC1[C@@H](OCc2ccc(-c3ccccc3)cc2)C[C@@H](O)[C@@H]1N1CCCCC1. The molecule has 42 heavy (non-hydrogen) atoms. The second-order valence-electron chi connectivity index (χ2n) is 11.4. The summed E-state index contributed by atoms with van der Waals surface area (Å²) in [4.78, 5) is 26.2. The van der Waals surface area contributed by atoms with Crippen LogP contribution in [0.1, 0.15) is 70.8 Å². The van der Waals surface area contributed by atoms with Gasteiger partial charge in [0.05, 0.1) is 25.4 Å². The Balaban J connectivity index is 1.29. The average molecular weight is 578 g/mol. The molecule has 0 aromatic heterocycles. The van der Waals surface area contributed by atoms with E-state index < -0.39 is 24.1 Å². The fraction of sp³-hybridized carbons (Fsp3) is 0.543. The van der Waals surface area contributed by atoms with E-state index in [2.05, 4.69) is 59.5 Å². The first-order valence-corrected chi connectivity index (χ1v) is 15.7. The minimum Gasteiger partial charge on any atom is -0.463 e. The summed E-state index contributed by atoms with van der Waals surface area (Å²) in [6, 6.07) is 19.0. The van der Waals surface area contributed by atoms with E-state index in [1.165, 1.54) is 37.3 Å². The molecule has 7 nitrogen and oxygen atoms in total.